The third kappa shape index (κ3) is 2.40. The molecule has 15 heavy (non-hydrogen) atoms. The molecule has 1 heteroatoms. The number of nitrogens with one attached hydrogen (secondary N) is 1. The van der Waals surface area contributed by atoms with Gasteiger partial charge in [-0.15, -0.1) is 0 Å². The van der Waals surface area contributed by atoms with Gasteiger partial charge in [0.15, 0.2) is 0 Å². The summed E-state index contributed by atoms with van der Waals surface area (Å²) in [4.78, 5) is 0. The summed E-state index contributed by atoms with van der Waals surface area (Å²) < 4.78 is 0. The van der Waals surface area contributed by atoms with Crippen molar-refractivity contribution in [3.63, 3.8) is 0 Å². The van der Waals surface area contributed by atoms with Gasteiger partial charge < -0.3 is 5.32 Å². The molecule has 0 bridgehead atoms. The molecule has 1 fully saturated rings. The van der Waals surface area contributed by atoms with Gasteiger partial charge in [-0.25, -0.2) is 0 Å². The molecule has 0 spiro atoms. The van der Waals surface area contributed by atoms with E-state index in [1.54, 1.807) is 0 Å². The molecular formula is C14H21N. The van der Waals surface area contributed by atoms with Crippen molar-refractivity contribution in [2.24, 2.45) is 0 Å². The van der Waals surface area contributed by atoms with E-state index in [0.29, 0.717) is 6.04 Å². The van der Waals surface area contributed by atoms with Crippen LogP contribution in [0.5, 0.6) is 0 Å². The lowest BCUT2D eigenvalue weighted by molar-refractivity contribution is 0.410. The van der Waals surface area contributed by atoms with E-state index >= 15 is 0 Å². The molecule has 0 aliphatic carbocycles. The first-order valence-electron chi connectivity index (χ1n) is 6.14. The van der Waals surface area contributed by atoms with Gasteiger partial charge in [-0.05, 0) is 43.9 Å². The maximum Gasteiger partial charge on any atom is 0.0323 e. The summed E-state index contributed by atoms with van der Waals surface area (Å²) in [5, 5.41) is 3.64. The Kier molecular flexibility index (Phi) is 3.42. The van der Waals surface area contributed by atoms with Crippen LogP contribution in [0.3, 0.4) is 0 Å². The van der Waals surface area contributed by atoms with Crippen molar-refractivity contribution < 1.29 is 0 Å². The second-order valence-corrected chi connectivity index (χ2v) is 4.56. The molecule has 0 amide bonds. The fourth-order valence-corrected chi connectivity index (χ4v) is 2.48. The van der Waals surface area contributed by atoms with E-state index in [9.17, 15) is 0 Å². The normalized spacial score (nSPS) is 21.6. The molecule has 1 saturated heterocycles. The van der Waals surface area contributed by atoms with Crippen molar-refractivity contribution in [2.45, 2.75) is 45.6 Å². The molecule has 2 rings (SSSR count). The highest BCUT2D eigenvalue weighted by Gasteiger charge is 2.16. The van der Waals surface area contributed by atoms with Crippen molar-refractivity contribution >= 4 is 0 Å². The van der Waals surface area contributed by atoms with E-state index in [4.69, 9.17) is 0 Å². The lowest BCUT2D eigenvalue weighted by atomic mass is 9.91. The minimum Gasteiger partial charge on any atom is -0.310 e. The molecule has 1 heterocycles. The zero-order valence-corrected chi connectivity index (χ0v) is 9.84. The number of piperidine rings is 1. The Morgan fingerprint density at radius 2 is 2.20 bits per heavy atom. The second kappa shape index (κ2) is 4.80. The third-order valence-electron chi connectivity index (χ3n) is 3.37. The van der Waals surface area contributed by atoms with Gasteiger partial charge in [0.1, 0.15) is 0 Å². The summed E-state index contributed by atoms with van der Waals surface area (Å²) >= 11 is 0. The smallest absolute Gasteiger partial charge is 0.0323 e. The standard InChI is InChI=1S/C14H21N/c1-3-12-8-7-11(2)10-13(12)14-6-4-5-9-15-14/h7-8,10,14-15H,3-6,9H2,1-2H3. The van der Waals surface area contributed by atoms with Crippen molar-refractivity contribution in [1.29, 1.82) is 0 Å². The van der Waals surface area contributed by atoms with E-state index in [1.807, 2.05) is 0 Å². The maximum atomic E-state index is 3.64. The average molecular weight is 203 g/mol. The van der Waals surface area contributed by atoms with Crippen LogP contribution in [0.4, 0.5) is 0 Å². The predicted octanol–water partition coefficient (Wildman–Crippen LogP) is 3.37. The molecule has 0 aromatic heterocycles. The SMILES string of the molecule is CCc1ccc(C)cc1C1CCCCN1. The molecule has 1 nitrogen and oxygen atoms in total. The number of hydrogen-bond acceptors (Lipinski definition) is 1. The molecule has 1 aliphatic heterocycles. The van der Waals surface area contributed by atoms with Gasteiger partial charge in [0.25, 0.3) is 0 Å². The van der Waals surface area contributed by atoms with E-state index in [2.05, 4.69) is 37.4 Å². The Morgan fingerprint density at radius 1 is 1.33 bits per heavy atom. The summed E-state index contributed by atoms with van der Waals surface area (Å²) in [6, 6.07) is 7.49. The zero-order valence-electron chi connectivity index (χ0n) is 9.84. The molecule has 82 valence electrons. The highest BCUT2D eigenvalue weighted by atomic mass is 14.9. The first-order chi connectivity index (χ1) is 7.31. The molecule has 1 atom stereocenters. The molecule has 0 saturated carbocycles. The van der Waals surface area contributed by atoms with Gasteiger partial charge in [-0.1, -0.05) is 37.1 Å². The summed E-state index contributed by atoms with van der Waals surface area (Å²) in [5.74, 6) is 0. The minimum absolute atomic E-state index is 0.605. The lowest BCUT2D eigenvalue weighted by Gasteiger charge is -2.26. The van der Waals surface area contributed by atoms with Gasteiger partial charge in [-0.3, -0.25) is 0 Å². The van der Waals surface area contributed by atoms with Gasteiger partial charge in [0.05, 0.1) is 0 Å². The molecule has 1 N–H and O–H groups in total. The molecule has 1 aromatic rings. The summed E-state index contributed by atoms with van der Waals surface area (Å²) in [7, 11) is 0. The lowest BCUT2D eigenvalue weighted by Crippen LogP contribution is -2.27. The Labute approximate surface area is 92.9 Å². The van der Waals surface area contributed by atoms with Crippen LogP contribution in [0.2, 0.25) is 0 Å². The zero-order chi connectivity index (χ0) is 10.7. The highest BCUT2D eigenvalue weighted by Crippen LogP contribution is 2.26. The van der Waals surface area contributed by atoms with Gasteiger partial charge in [-0.2, -0.15) is 0 Å². The first-order valence-corrected chi connectivity index (χ1v) is 6.14. The van der Waals surface area contributed by atoms with Gasteiger partial charge in [0, 0.05) is 6.04 Å². The highest BCUT2D eigenvalue weighted by molar-refractivity contribution is 5.34. The van der Waals surface area contributed by atoms with Crippen LogP contribution < -0.4 is 5.32 Å². The molecule has 0 radical (unpaired) electrons. The Balaban J connectivity index is 2.27. The number of benzene rings is 1. The van der Waals surface area contributed by atoms with E-state index in [1.165, 1.54) is 42.5 Å². The fraction of sp³-hybridized carbons (Fsp3) is 0.571. The van der Waals surface area contributed by atoms with E-state index in [0.717, 1.165) is 6.42 Å². The van der Waals surface area contributed by atoms with Crippen LogP contribution in [0.25, 0.3) is 0 Å². The Hall–Kier alpha value is -0.820. The molecule has 1 aliphatic rings. The van der Waals surface area contributed by atoms with Crippen molar-refractivity contribution in [2.75, 3.05) is 6.54 Å². The predicted molar refractivity (Wildman–Crippen MR) is 65.2 cm³/mol. The van der Waals surface area contributed by atoms with Crippen LogP contribution in [0.1, 0.15) is 48.9 Å². The maximum absolute atomic E-state index is 3.64. The number of aryl methyl sites for hydroxylation is 2. The van der Waals surface area contributed by atoms with E-state index in [-0.39, 0.29) is 0 Å². The van der Waals surface area contributed by atoms with Crippen LogP contribution in [0.15, 0.2) is 18.2 Å². The van der Waals surface area contributed by atoms with Gasteiger partial charge >= 0.3 is 0 Å². The van der Waals surface area contributed by atoms with Crippen LogP contribution >= 0.6 is 0 Å². The van der Waals surface area contributed by atoms with E-state index < -0.39 is 0 Å². The van der Waals surface area contributed by atoms with Crippen molar-refractivity contribution in [3.8, 4) is 0 Å². The first kappa shape index (κ1) is 10.7. The number of rotatable bonds is 2. The summed E-state index contributed by atoms with van der Waals surface area (Å²) in [5.41, 5.74) is 4.44. The topological polar surface area (TPSA) is 12.0 Å². The average Bonchev–Trinajstić information content (AvgIpc) is 2.30. The minimum atomic E-state index is 0.605. The van der Waals surface area contributed by atoms with Crippen LogP contribution in [-0.4, -0.2) is 6.54 Å². The number of hydrogen-bond donors (Lipinski definition) is 1. The van der Waals surface area contributed by atoms with Crippen LogP contribution in [0, 0.1) is 6.92 Å². The van der Waals surface area contributed by atoms with Crippen LogP contribution in [-0.2, 0) is 6.42 Å². The summed E-state index contributed by atoms with van der Waals surface area (Å²) in [6.45, 7) is 5.62. The molecular weight excluding hydrogens is 182 g/mol. The fourth-order valence-electron chi connectivity index (χ4n) is 2.48. The quantitative estimate of drug-likeness (QED) is 0.777. The third-order valence-corrected chi connectivity index (χ3v) is 3.37. The largest absolute Gasteiger partial charge is 0.310 e. The Bertz CT molecular complexity index is 324. The van der Waals surface area contributed by atoms with Crippen molar-refractivity contribution in [1.82, 2.24) is 5.32 Å². The molecule has 1 aromatic carbocycles. The van der Waals surface area contributed by atoms with Gasteiger partial charge in [0.2, 0.25) is 0 Å². The summed E-state index contributed by atoms with van der Waals surface area (Å²) in [6.07, 6.45) is 5.16. The second-order valence-electron chi connectivity index (χ2n) is 4.56. The monoisotopic (exact) mass is 203 g/mol. The van der Waals surface area contributed by atoms with Crippen molar-refractivity contribution in [3.05, 3.63) is 34.9 Å². The Morgan fingerprint density at radius 3 is 2.87 bits per heavy atom. The molecule has 1 unspecified atom stereocenters.